The van der Waals surface area contributed by atoms with Crippen LogP contribution >= 0.6 is 11.6 Å². The second kappa shape index (κ2) is 3.39. The van der Waals surface area contributed by atoms with Crippen LogP contribution in [-0.2, 0) is 0 Å². The quantitative estimate of drug-likeness (QED) is 0.617. The Morgan fingerprint density at radius 2 is 2.25 bits per heavy atom. The van der Waals surface area contributed by atoms with Gasteiger partial charge >= 0.3 is 0 Å². The van der Waals surface area contributed by atoms with E-state index in [2.05, 4.69) is 6.08 Å². The van der Waals surface area contributed by atoms with Crippen molar-refractivity contribution in [2.75, 3.05) is 0 Å². The number of rotatable bonds is 0. The first-order chi connectivity index (χ1) is 5.75. The van der Waals surface area contributed by atoms with E-state index in [9.17, 15) is 5.11 Å². The average molecular weight is 187 g/mol. The first-order valence-corrected chi connectivity index (χ1v) is 5.18. The maximum Gasteiger partial charge on any atom is 0.0606 e. The Morgan fingerprint density at radius 1 is 1.42 bits per heavy atom. The predicted octanol–water partition coefficient (Wildman–Crippen LogP) is 2.68. The predicted molar refractivity (Wildman–Crippen MR) is 50.0 cm³/mol. The minimum Gasteiger partial charge on any atom is -0.393 e. The summed E-state index contributed by atoms with van der Waals surface area (Å²) in [6.45, 7) is 0. The molecule has 2 aliphatic rings. The molecule has 1 saturated carbocycles. The topological polar surface area (TPSA) is 20.2 Å². The van der Waals surface area contributed by atoms with Gasteiger partial charge in [-0.2, -0.15) is 0 Å². The van der Waals surface area contributed by atoms with Gasteiger partial charge in [0.2, 0.25) is 0 Å². The van der Waals surface area contributed by atoms with Crippen LogP contribution in [0.4, 0.5) is 0 Å². The van der Waals surface area contributed by atoms with E-state index in [1.165, 1.54) is 12.8 Å². The molecular formula is C10H15ClO. The van der Waals surface area contributed by atoms with E-state index in [-0.39, 0.29) is 6.10 Å². The fourth-order valence-corrected chi connectivity index (χ4v) is 2.74. The summed E-state index contributed by atoms with van der Waals surface area (Å²) in [6, 6.07) is 0. The van der Waals surface area contributed by atoms with Crippen LogP contribution in [0.3, 0.4) is 0 Å². The van der Waals surface area contributed by atoms with E-state index >= 15 is 0 Å². The highest BCUT2D eigenvalue weighted by molar-refractivity contribution is 6.29. The third-order valence-corrected chi connectivity index (χ3v) is 3.41. The second-order valence-electron chi connectivity index (χ2n) is 4.07. The van der Waals surface area contributed by atoms with Gasteiger partial charge in [-0.15, -0.1) is 0 Å². The van der Waals surface area contributed by atoms with Crippen molar-refractivity contribution in [3.8, 4) is 0 Å². The molecule has 0 aromatic carbocycles. The molecule has 12 heavy (non-hydrogen) atoms. The van der Waals surface area contributed by atoms with Gasteiger partial charge in [0.15, 0.2) is 0 Å². The van der Waals surface area contributed by atoms with Crippen molar-refractivity contribution in [1.82, 2.24) is 0 Å². The van der Waals surface area contributed by atoms with Crippen LogP contribution in [0.5, 0.6) is 0 Å². The zero-order valence-corrected chi connectivity index (χ0v) is 7.93. The van der Waals surface area contributed by atoms with Crippen molar-refractivity contribution in [2.45, 2.75) is 38.2 Å². The molecule has 3 unspecified atom stereocenters. The molecule has 0 heterocycles. The molecule has 2 heteroatoms. The summed E-state index contributed by atoms with van der Waals surface area (Å²) in [5.41, 5.74) is 0. The summed E-state index contributed by atoms with van der Waals surface area (Å²) in [5.74, 6) is 1.11. The Labute approximate surface area is 78.4 Å². The zero-order chi connectivity index (χ0) is 8.55. The van der Waals surface area contributed by atoms with Crippen molar-refractivity contribution in [2.24, 2.45) is 11.8 Å². The summed E-state index contributed by atoms with van der Waals surface area (Å²) < 4.78 is 0. The molecule has 1 fully saturated rings. The Bertz CT molecular complexity index is 200. The maximum absolute atomic E-state index is 9.66. The van der Waals surface area contributed by atoms with E-state index < -0.39 is 0 Å². The molecule has 0 radical (unpaired) electrons. The van der Waals surface area contributed by atoms with Gasteiger partial charge in [-0.25, -0.2) is 0 Å². The normalized spacial score (nSPS) is 46.2. The van der Waals surface area contributed by atoms with Crippen LogP contribution in [0.15, 0.2) is 11.1 Å². The van der Waals surface area contributed by atoms with Gasteiger partial charge in [0.25, 0.3) is 0 Å². The number of aliphatic hydroxyl groups is 1. The lowest BCUT2D eigenvalue weighted by molar-refractivity contribution is 0.150. The molecule has 0 aromatic heterocycles. The fourth-order valence-electron chi connectivity index (χ4n) is 2.44. The van der Waals surface area contributed by atoms with Crippen molar-refractivity contribution >= 4 is 11.6 Å². The Kier molecular flexibility index (Phi) is 2.42. The Balaban J connectivity index is 2.14. The molecule has 0 spiro atoms. The molecule has 68 valence electrons. The average Bonchev–Trinajstić information content (AvgIpc) is 2.30. The van der Waals surface area contributed by atoms with Crippen LogP contribution in [-0.4, -0.2) is 11.2 Å². The largest absolute Gasteiger partial charge is 0.393 e. The highest BCUT2D eigenvalue weighted by atomic mass is 35.5. The molecule has 3 atom stereocenters. The monoisotopic (exact) mass is 186 g/mol. The minimum absolute atomic E-state index is 0.123. The number of allylic oxidation sites excluding steroid dienone is 1. The smallest absolute Gasteiger partial charge is 0.0606 e. The van der Waals surface area contributed by atoms with Crippen LogP contribution in [0.25, 0.3) is 0 Å². The molecule has 2 bridgehead atoms. The van der Waals surface area contributed by atoms with E-state index in [4.69, 9.17) is 11.6 Å². The van der Waals surface area contributed by atoms with Crippen LogP contribution < -0.4 is 0 Å². The molecule has 2 aliphatic carbocycles. The van der Waals surface area contributed by atoms with Gasteiger partial charge in [-0.05, 0) is 38.0 Å². The van der Waals surface area contributed by atoms with Gasteiger partial charge in [0.1, 0.15) is 0 Å². The van der Waals surface area contributed by atoms with Crippen molar-refractivity contribution in [3.63, 3.8) is 0 Å². The molecule has 0 aromatic rings. The first-order valence-electron chi connectivity index (χ1n) is 4.80. The van der Waals surface area contributed by atoms with Gasteiger partial charge < -0.3 is 5.11 Å². The lowest BCUT2D eigenvalue weighted by Gasteiger charge is -2.13. The van der Waals surface area contributed by atoms with Crippen molar-refractivity contribution < 1.29 is 5.11 Å². The van der Waals surface area contributed by atoms with Gasteiger partial charge in [0, 0.05) is 11.0 Å². The maximum atomic E-state index is 9.66. The van der Waals surface area contributed by atoms with Crippen LogP contribution in [0.1, 0.15) is 32.1 Å². The number of hydrogen-bond acceptors (Lipinski definition) is 1. The summed E-state index contributed by atoms with van der Waals surface area (Å²) in [4.78, 5) is 0. The molecule has 1 nitrogen and oxygen atoms in total. The lowest BCUT2D eigenvalue weighted by atomic mass is 9.96. The summed E-state index contributed by atoms with van der Waals surface area (Å²) in [6.07, 6.45) is 7.55. The van der Waals surface area contributed by atoms with Crippen LogP contribution in [0, 0.1) is 11.8 Å². The highest BCUT2D eigenvalue weighted by Crippen LogP contribution is 2.38. The minimum atomic E-state index is -0.123. The Morgan fingerprint density at radius 3 is 3.08 bits per heavy atom. The van der Waals surface area contributed by atoms with Crippen molar-refractivity contribution in [3.05, 3.63) is 11.1 Å². The van der Waals surface area contributed by atoms with Crippen molar-refractivity contribution in [1.29, 1.82) is 0 Å². The number of hydrogen-bond donors (Lipinski definition) is 1. The SMILES string of the molecule is OC1CC2CCC/C(Cl)=C\C1C2. The second-order valence-corrected chi connectivity index (χ2v) is 4.56. The van der Waals surface area contributed by atoms with E-state index in [0.29, 0.717) is 5.92 Å². The van der Waals surface area contributed by atoms with Gasteiger partial charge in [-0.1, -0.05) is 17.7 Å². The number of aliphatic hydroxyl groups excluding tert-OH is 1. The Hall–Kier alpha value is -0.0100. The van der Waals surface area contributed by atoms with Gasteiger partial charge in [-0.3, -0.25) is 0 Å². The van der Waals surface area contributed by atoms with E-state index in [1.54, 1.807) is 0 Å². The molecule has 1 N–H and O–H groups in total. The molecule has 0 saturated heterocycles. The summed E-state index contributed by atoms with van der Waals surface area (Å²) in [7, 11) is 0. The standard InChI is InChI=1S/C10H15ClO/c11-9-3-1-2-7-4-8(6-9)10(12)5-7/h6-8,10,12H,1-5H2/b9-6+. The number of fused-ring (bicyclic) bond motifs is 2. The first kappa shape index (κ1) is 8.58. The van der Waals surface area contributed by atoms with Gasteiger partial charge in [0.05, 0.1) is 6.10 Å². The third kappa shape index (κ3) is 1.67. The summed E-state index contributed by atoms with van der Waals surface area (Å²) in [5, 5.41) is 10.6. The molecular weight excluding hydrogens is 172 g/mol. The molecule has 0 aliphatic heterocycles. The lowest BCUT2D eigenvalue weighted by Crippen LogP contribution is -2.10. The van der Waals surface area contributed by atoms with E-state index in [1.807, 2.05) is 0 Å². The van der Waals surface area contributed by atoms with E-state index in [0.717, 1.165) is 30.2 Å². The summed E-state index contributed by atoms with van der Waals surface area (Å²) >= 11 is 6.00. The highest BCUT2D eigenvalue weighted by Gasteiger charge is 2.32. The fraction of sp³-hybridized carbons (Fsp3) is 0.800. The number of halogens is 1. The van der Waals surface area contributed by atoms with Crippen LogP contribution in [0.2, 0.25) is 0 Å². The third-order valence-electron chi connectivity index (χ3n) is 3.10. The molecule has 2 rings (SSSR count). The zero-order valence-electron chi connectivity index (χ0n) is 7.17. The molecule has 0 amide bonds.